The minimum absolute atomic E-state index is 0.252. The normalized spacial score (nSPS) is 14.6. The number of anilines is 1. The second-order valence-electron chi connectivity index (χ2n) is 4.67. The van der Waals surface area contributed by atoms with Crippen molar-refractivity contribution in [3.8, 4) is 22.8 Å². The maximum atomic E-state index is 11.5. The van der Waals surface area contributed by atoms with Crippen LogP contribution in [0.25, 0.3) is 11.3 Å². The van der Waals surface area contributed by atoms with Gasteiger partial charge in [0.1, 0.15) is 13.2 Å². The Kier molecular flexibility index (Phi) is 3.76. The van der Waals surface area contributed by atoms with E-state index in [0.717, 1.165) is 17.0 Å². The molecule has 1 aliphatic heterocycles. The van der Waals surface area contributed by atoms with E-state index >= 15 is 0 Å². The average Bonchev–Trinajstić information content (AvgIpc) is 2.95. The molecule has 2 aromatic rings. The predicted molar refractivity (Wildman–Crippen MR) is 80.8 cm³/mol. The first-order valence-electron chi connectivity index (χ1n) is 6.55. The Balaban J connectivity index is 1.81. The third kappa shape index (κ3) is 2.98. The first-order valence-corrected chi connectivity index (χ1v) is 7.43. The van der Waals surface area contributed by atoms with E-state index in [1.165, 1.54) is 11.3 Å². The topological polar surface area (TPSA) is 86.5 Å². The third-order valence-electron chi connectivity index (χ3n) is 2.99. The first kappa shape index (κ1) is 13.8. The highest BCUT2D eigenvalue weighted by Gasteiger charge is 2.15. The Morgan fingerprint density at radius 1 is 1.38 bits per heavy atom. The Labute approximate surface area is 125 Å². The average molecular weight is 305 g/mol. The number of thiazole rings is 1. The SMILES string of the molecule is CC(N)C(=O)Nc1nc(-c2ccc3c(c2)OCCO3)cs1. The van der Waals surface area contributed by atoms with Gasteiger partial charge in [0.05, 0.1) is 11.7 Å². The van der Waals surface area contributed by atoms with Crippen molar-refractivity contribution in [3.05, 3.63) is 23.6 Å². The molecule has 0 radical (unpaired) electrons. The lowest BCUT2D eigenvalue weighted by Crippen LogP contribution is -2.32. The largest absolute Gasteiger partial charge is 0.486 e. The number of benzene rings is 1. The summed E-state index contributed by atoms with van der Waals surface area (Å²) in [7, 11) is 0. The summed E-state index contributed by atoms with van der Waals surface area (Å²) in [5, 5.41) is 5.09. The summed E-state index contributed by atoms with van der Waals surface area (Å²) in [6.45, 7) is 2.74. The Bertz CT molecular complexity index is 669. The number of hydrogen-bond acceptors (Lipinski definition) is 6. The lowest BCUT2D eigenvalue weighted by atomic mass is 10.1. The summed E-state index contributed by atoms with van der Waals surface area (Å²) in [5.41, 5.74) is 7.20. The van der Waals surface area contributed by atoms with Crippen LogP contribution in [0, 0.1) is 0 Å². The van der Waals surface area contributed by atoms with Gasteiger partial charge in [-0.15, -0.1) is 11.3 Å². The molecule has 21 heavy (non-hydrogen) atoms. The monoisotopic (exact) mass is 305 g/mol. The third-order valence-corrected chi connectivity index (χ3v) is 3.74. The molecule has 0 fully saturated rings. The van der Waals surface area contributed by atoms with Crippen LogP contribution in [0.1, 0.15) is 6.92 Å². The second kappa shape index (κ2) is 5.71. The number of nitrogens with zero attached hydrogens (tertiary/aromatic N) is 1. The molecule has 3 rings (SSSR count). The zero-order chi connectivity index (χ0) is 14.8. The summed E-state index contributed by atoms with van der Waals surface area (Å²) < 4.78 is 11.0. The van der Waals surface area contributed by atoms with E-state index < -0.39 is 6.04 Å². The van der Waals surface area contributed by atoms with Gasteiger partial charge in [-0.05, 0) is 25.1 Å². The predicted octanol–water partition coefficient (Wildman–Crippen LogP) is 1.87. The number of hydrogen-bond donors (Lipinski definition) is 2. The van der Waals surface area contributed by atoms with E-state index in [-0.39, 0.29) is 5.91 Å². The summed E-state index contributed by atoms with van der Waals surface area (Å²) in [4.78, 5) is 15.9. The molecule has 110 valence electrons. The van der Waals surface area contributed by atoms with E-state index in [9.17, 15) is 4.79 Å². The van der Waals surface area contributed by atoms with Crippen molar-refractivity contribution in [2.75, 3.05) is 18.5 Å². The van der Waals surface area contributed by atoms with E-state index in [0.29, 0.717) is 24.1 Å². The van der Waals surface area contributed by atoms with Crippen LogP contribution < -0.4 is 20.5 Å². The summed E-state index contributed by atoms with van der Waals surface area (Å²) in [6, 6.07) is 5.11. The van der Waals surface area contributed by atoms with Crippen molar-refractivity contribution < 1.29 is 14.3 Å². The van der Waals surface area contributed by atoms with Gasteiger partial charge in [0.25, 0.3) is 0 Å². The number of aromatic nitrogens is 1. The molecule has 1 aromatic carbocycles. The molecule has 0 saturated carbocycles. The van der Waals surface area contributed by atoms with E-state index in [1.54, 1.807) is 6.92 Å². The molecule has 7 heteroatoms. The van der Waals surface area contributed by atoms with Crippen LogP contribution in [0.2, 0.25) is 0 Å². The highest BCUT2D eigenvalue weighted by atomic mass is 32.1. The lowest BCUT2D eigenvalue weighted by molar-refractivity contribution is -0.117. The maximum Gasteiger partial charge on any atom is 0.242 e. The van der Waals surface area contributed by atoms with Crippen molar-refractivity contribution in [2.45, 2.75) is 13.0 Å². The number of amides is 1. The van der Waals surface area contributed by atoms with Gasteiger partial charge in [-0.2, -0.15) is 0 Å². The first-order chi connectivity index (χ1) is 10.1. The Morgan fingerprint density at radius 2 is 2.14 bits per heavy atom. The molecule has 1 atom stereocenters. The maximum absolute atomic E-state index is 11.5. The number of nitrogens with two attached hydrogens (primary N) is 1. The van der Waals surface area contributed by atoms with Gasteiger partial charge in [-0.3, -0.25) is 4.79 Å². The minimum Gasteiger partial charge on any atom is -0.486 e. The molecule has 0 aliphatic carbocycles. The molecular weight excluding hydrogens is 290 g/mol. The van der Waals surface area contributed by atoms with Gasteiger partial charge in [0.2, 0.25) is 5.91 Å². The van der Waals surface area contributed by atoms with Gasteiger partial charge in [0.15, 0.2) is 16.6 Å². The fourth-order valence-electron chi connectivity index (χ4n) is 1.89. The highest BCUT2D eigenvalue weighted by molar-refractivity contribution is 7.14. The van der Waals surface area contributed by atoms with Crippen LogP contribution in [-0.2, 0) is 4.79 Å². The van der Waals surface area contributed by atoms with Crippen LogP contribution in [0.5, 0.6) is 11.5 Å². The molecule has 1 unspecified atom stereocenters. The Morgan fingerprint density at radius 3 is 2.90 bits per heavy atom. The molecule has 3 N–H and O–H groups in total. The van der Waals surface area contributed by atoms with Crippen molar-refractivity contribution in [1.82, 2.24) is 4.98 Å². The van der Waals surface area contributed by atoms with E-state index in [2.05, 4.69) is 10.3 Å². The molecule has 0 saturated heterocycles. The number of fused-ring (bicyclic) bond motifs is 1. The zero-order valence-corrected chi connectivity index (χ0v) is 12.3. The van der Waals surface area contributed by atoms with Crippen LogP contribution in [0.15, 0.2) is 23.6 Å². The second-order valence-corrected chi connectivity index (χ2v) is 5.53. The number of carbonyl (C=O) groups excluding carboxylic acids is 1. The molecule has 1 amide bonds. The summed E-state index contributed by atoms with van der Waals surface area (Å²) in [6.07, 6.45) is 0. The lowest BCUT2D eigenvalue weighted by Gasteiger charge is -2.18. The molecular formula is C14H15N3O3S. The fraction of sp³-hybridized carbons (Fsp3) is 0.286. The fourth-order valence-corrected chi connectivity index (χ4v) is 2.61. The van der Waals surface area contributed by atoms with Gasteiger partial charge >= 0.3 is 0 Å². The highest BCUT2D eigenvalue weighted by Crippen LogP contribution is 2.35. The van der Waals surface area contributed by atoms with Crippen LogP contribution >= 0.6 is 11.3 Å². The number of carbonyl (C=O) groups is 1. The van der Waals surface area contributed by atoms with Crippen molar-refractivity contribution in [2.24, 2.45) is 5.73 Å². The van der Waals surface area contributed by atoms with Crippen LogP contribution in [-0.4, -0.2) is 30.1 Å². The number of ether oxygens (including phenoxy) is 2. The van der Waals surface area contributed by atoms with Crippen molar-refractivity contribution in [3.63, 3.8) is 0 Å². The van der Waals surface area contributed by atoms with Gasteiger partial charge in [-0.25, -0.2) is 4.98 Å². The standard InChI is InChI=1S/C14H15N3O3S/c1-8(15)13(18)17-14-16-10(7-21-14)9-2-3-11-12(6-9)20-5-4-19-11/h2-3,6-8H,4-5,15H2,1H3,(H,16,17,18). The molecule has 1 aromatic heterocycles. The van der Waals surface area contributed by atoms with Crippen molar-refractivity contribution >= 4 is 22.4 Å². The Hall–Kier alpha value is -2.12. The quantitative estimate of drug-likeness (QED) is 0.904. The van der Waals surface area contributed by atoms with Crippen LogP contribution in [0.4, 0.5) is 5.13 Å². The molecule has 2 heterocycles. The van der Waals surface area contributed by atoms with Gasteiger partial charge in [-0.1, -0.05) is 0 Å². The smallest absolute Gasteiger partial charge is 0.242 e. The molecule has 0 spiro atoms. The number of nitrogens with one attached hydrogen (secondary N) is 1. The van der Waals surface area contributed by atoms with E-state index in [4.69, 9.17) is 15.2 Å². The minimum atomic E-state index is -0.563. The van der Waals surface area contributed by atoms with Gasteiger partial charge in [0, 0.05) is 10.9 Å². The van der Waals surface area contributed by atoms with Crippen molar-refractivity contribution in [1.29, 1.82) is 0 Å². The summed E-state index contributed by atoms with van der Waals surface area (Å²) in [5.74, 6) is 1.21. The van der Waals surface area contributed by atoms with Crippen LogP contribution in [0.3, 0.4) is 0 Å². The zero-order valence-electron chi connectivity index (χ0n) is 11.5. The molecule has 6 nitrogen and oxygen atoms in total. The molecule has 0 bridgehead atoms. The van der Waals surface area contributed by atoms with Gasteiger partial charge < -0.3 is 20.5 Å². The number of rotatable bonds is 3. The molecule has 1 aliphatic rings. The summed E-state index contributed by atoms with van der Waals surface area (Å²) >= 11 is 1.36. The van der Waals surface area contributed by atoms with E-state index in [1.807, 2.05) is 23.6 Å².